The van der Waals surface area contributed by atoms with Gasteiger partial charge in [-0.05, 0) is 24.6 Å². The van der Waals surface area contributed by atoms with Gasteiger partial charge in [-0.25, -0.2) is 0 Å². The summed E-state index contributed by atoms with van der Waals surface area (Å²) in [4.78, 5) is 2.30. The lowest BCUT2D eigenvalue weighted by Crippen LogP contribution is -2.49. The number of piperazine rings is 1. The monoisotopic (exact) mass is 288 g/mol. The Kier molecular flexibility index (Phi) is 4.88. The van der Waals surface area contributed by atoms with Crippen LogP contribution in [0.4, 0.5) is 13.2 Å². The highest BCUT2D eigenvalue weighted by Crippen LogP contribution is 2.20. The molecule has 1 N–H and O–H groups in total. The fraction of sp³-hybridized carbons (Fsp3) is 0.571. The van der Waals surface area contributed by atoms with E-state index in [4.69, 9.17) is 4.74 Å². The highest BCUT2D eigenvalue weighted by molar-refractivity contribution is 5.28. The SMILES string of the molecule is C[C@H]1CNCCN1Cc1cccc(OCC(F)(F)F)c1. The van der Waals surface area contributed by atoms with Crippen molar-refractivity contribution in [3.05, 3.63) is 29.8 Å². The molecule has 0 radical (unpaired) electrons. The topological polar surface area (TPSA) is 24.5 Å². The number of rotatable bonds is 4. The number of halogens is 3. The zero-order valence-corrected chi connectivity index (χ0v) is 11.4. The summed E-state index contributed by atoms with van der Waals surface area (Å²) in [6, 6.07) is 7.29. The molecule has 0 spiro atoms. The van der Waals surface area contributed by atoms with Crippen LogP contribution in [0.25, 0.3) is 0 Å². The van der Waals surface area contributed by atoms with E-state index in [9.17, 15) is 13.2 Å². The van der Waals surface area contributed by atoms with Gasteiger partial charge in [0.2, 0.25) is 0 Å². The molecule has 1 aromatic carbocycles. The van der Waals surface area contributed by atoms with E-state index in [1.54, 1.807) is 18.2 Å². The normalized spacial score (nSPS) is 20.9. The summed E-state index contributed by atoms with van der Waals surface area (Å²) >= 11 is 0. The third-order valence-electron chi connectivity index (χ3n) is 3.33. The molecule has 1 fully saturated rings. The number of alkyl halides is 3. The largest absolute Gasteiger partial charge is 0.484 e. The third kappa shape index (κ3) is 4.68. The van der Waals surface area contributed by atoms with Crippen LogP contribution in [-0.4, -0.2) is 43.4 Å². The Hall–Kier alpha value is -1.27. The fourth-order valence-corrected chi connectivity index (χ4v) is 2.25. The molecule has 0 bridgehead atoms. The molecule has 112 valence electrons. The molecule has 20 heavy (non-hydrogen) atoms. The second kappa shape index (κ2) is 6.45. The second-order valence-corrected chi connectivity index (χ2v) is 5.07. The Balaban J connectivity index is 1.95. The molecule has 6 heteroatoms. The van der Waals surface area contributed by atoms with Crippen molar-refractivity contribution in [3.8, 4) is 5.75 Å². The fourth-order valence-electron chi connectivity index (χ4n) is 2.25. The Morgan fingerprint density at radius 1 is 1.40 bits per heavy atom. The molecule has 0 saturated carbocycles. The summed E-state index contributed by atoms with van der Waals surface area (Å²) < 4.78 is 41.1. The Morgan fingerprint density at radius 3 is 2.90 bits per heavy atom. The van der Waals surface area contributed by atoms with E-state index in [-0.39, 0.29) is 5.75 Å². The van der Waals surface area contributed by atoms with E-state index in [0.29, 0.717) is 6.04 Å². The number of nitrogens with zero attached hydrogens (tertiary/aromatic N) is 1. The molecule has 1 aliphatic heterocycles. The number of benzene rings is 1. The van der Waals surface area contributed by atoms with Crippen LogP contribution in [0.2, 0.25) is 0 Å². The van der Waals surface area contributed by atoms with Crippen molar-refractivity contribution in [2.75, 3.05) is 26.2 Å². The minimum atomic E-state index is -4.30. The molecule has 0 aromatic heterocycles. The van der Waals surface area contributed by atoms with Gasteiger partial charge in [0.05, 0.1) is 0 Å². The quantitative estimate of drug-likeness (QED) is 0.921. The van der Waals surface area contributed by atoms with Crippen LogP contribution in [0.3, 0.4) is 0 Å². The number of hydrogen-bond acceptors (Lipinski definition) is 3. The molecular formula is C14H19F3N2O. The Labute approximate surface area is 116 Å². The standard InChI is InChI=1S/C14H19F3N2O/c1-11-8-18-5-6-19(11)9-12-3-2-4-13(7-12)20-10-14(15,16)17/h2-4,7,11,18H,5-6,8-10H2,1H3/t11-/m0/s1. The maximum Gasteiger partial charge on any atom is 0.422 e. The minimum absolute atomic E-state index is 0.266. The molecule has 1 heterocycles. The van der Waals surface area contributed by atoms with Crippen molar-refractivity contribution in [3.63, 3.8) is 0 Å². The van der Waals surface area contributed by atoms with Crippen LogP contribution in [0, 0.1) is 0 Å². The molecule has 0 aliphatic carbocycles. The van der Waals surface area contributed by atoms with Gasteiger partial charge in [-0.2, -0.15) is 13.2 Å². The van der Waals surface area contributed by atoms with Crippen LogP contribution in [-0.2, 0) is 6.54 Å². The molecule has 1 atom stereocenters. The highest BCUT2D eigenvalue weighted by Gasteiger charge is 2.28. The first-order chi connectivity index (χ1) is 9.44. The van der Waals surface area contributed by atoms with Crippen molar-refractivity contribution < 1.29 is 17.9 Å². The van der Waals surface area contributed by atoms with Crippen LogP contribution in [0.15, 0.2) is 24.3 Å². The van der Waals surface area contributed by atoms with Crippen molar-refractivity contribution in [1.29, 1.82) is 0 Å². The minimum Gasteiger partial charge on any atom is -0.484 e. The lowest BCUT2D eigenvalue weighted by atomic mass is 10.1. The molecule has 1 aromatic rings. The van der Waals surface area contributed by atoms with Crippen LogP contribution in [0.5, 0.6) is 5.75 Å². The summed E-state index contributed by atoms with van der Waals surface area (Å²) in [5, 5.41) is 3.31. The molecule has 0 amide bonds. The van der Waals surface area contributed by atoms with Gasteiger partial charge in [0.25, 0.3) is 0 Å². The smallest absolute Gasteiger partial charge is 0.422 e. The lowest BCUT2D eigenvalue weighted by molar-refractivity contribution is -0.153. The van der Waals surface area contributed by atoms with Crippen molar-refractivity contribution in [2.24, 2.45) is 0 Å². The van der Waals surface area contributed by atoms with Gasteiger partial charge in [-0.1, -0.05) is 12.1 Å². The van der Waals surface area contributed by atoms with Crippen molar-refractivity contribution in [2.45, 2.75) is 25.7 Å². The summed E-state index contributed by atoms with van der Waals surface area (Å²) in [5.74, 6) is 0.266. The predicted octanol–water partition coefficient (Wildman–Crippen LogP) is 2.42. The summed E-state index contributed by atoms with van der Waals surface area (Å²) in [6.07, 6.45) is -4.30. The van der Waals surface area contributed by atoms with Gasteiger partial charge < -0.3 is 10.1 Å². The van der Waals surface area contributed by atoms with Gasteiger partial charge in [0.1, 0.15) is 5.75 Å². The van der Waals surface area contributed by atoms with Crippen molar-refractivity contribution in [1.82, 2.24) is 10.2 Å². The molecular weight excluding hydrogens is 269 g/mol. The van der Waals surface area contributed by atoms with Gasteiger partial charge in [-0.15, -0.1) is 0 Å². The molecule has 3 nitrogen and oxygen atoms in total. The van der Waals surface area contributed by atoms with Crippen LogP contribution < -0.4 is 10.1 Å². The van der Waals surface area contributed by atoms with Crippen LogP contribution >= 0.6 is 0 Å². The molecule has 0 unspecified atom stereocenters. The maximum atomic E-state index is 12.1. The van der Waals surface area contributed by atoms with Crippen molar-refractivity contribution >= 4 is 0 Å². The Bertz CT molecular complexity index is 437. The predicted molar refractivity (Wildman–Crippen MR) is 70.7 cm³/mol. The van der Waals surface area contributed by atoms with Crippen LogP contribution in [0.1, 0.15) is 12.5 Å². The van der Waals surface area contributed by atoms with Gasteiger partial charge in [0, 0.05) is 32.2 Å². The van der Waals surface area contributed by atoms with Gasteiger partial charge in [-0.3, -0.25) is 4.90 Å². The number of nitrogens with one attached hydrogen (secondary N) is 1. The number of ether oxygens (including phenoxy) is 1. The van der Waals surface area contributed by atoms with E-state index in [2.05, 4.69) is 17.1 Å². The molecule has 2 rings (SSSR count). The summed E-state index contributed by atoms with van der Waals surface area (Å²) in [7, 11) is 0. The summed E-state index contributed by atoms with van der Waals surface area (Å²) in [6.45, 7) is 4.43. The summed E-state index contributed by atoms with van der Waals surface area (Å²) in [5.41, 5.74) is 0.971. The van der Waals surface area contributed by atoms with E-state index < -0.39 is 12.8 Å². The van der Waals surface area contributed by atoms with Gasteiger partial charge in [0.15, 0.2) is 6.61 Å². The first-order valence-electron chi connectivity index (χ1n) is 6.67. The average Bonchev–Trinajstić information content (AvgIpc) is 2.39. The molecule has 1 aliphatic rings. The zero-order valence-electron chi connectivity index (χ0n) is 11.4. The molecule has 1 saturated heterocycles. The zero-order chi connectivity index (χ0) is 14.6. The van der Waals surface area contributed by atoms with E-state index in [1.807, 2.05) is 6.07 Å². The van der Waals surface area contributed by atoms with Gasteiger partial charge >= 0.3 is 6.18 Å². The maximum absolute atomic E-state index is 12.1. The Morgan fingerprint density at radius 2 is 2.20 bits per heavy atom. The second-order valence-electron chi connectivity index (χ2n) is 5.07. The van der Waals surface area contributed by atoms with E-state index >= 15 is 0 Å². The average molecular weight is 288 g/mol. The van der Waals surface area contributed by atoms with E-state index in [1.165, 1.54) is 0 Å². The highest BCUT2D eigenvalue weighted by atomic mass is 19.4. The first-order valence-corrected chi connectivity index (χ1v) is 6.67. The van der Waals surface area contributed by atoms with E-state index in [0.717, 1.165) is 31.7 Å². The first kappa shape index (κ1) is 15.1. The number of hydrogen-bond donors (Lipinski definition) is 1. The lowest BCUT2D eigenvalue weighted by Gasteiger charge is -2.33. The third-order valence-corrected chi connectivity index (χ3v) is 3.33.